The van der Waals surface area contributed by atoms with Crippen LogP contribution in [-0.2, 0) is 13.9 Å². The van der Waals surface area contributed by atoms with Crippen LogP contribution in [0.5, 0.6) is 0 Å². The van der Waals surface area contributed by atoms with E-state index in [4.69, 9.17) is 13.9 Å². The first-order chi connectivity index (χ1) is 12.5. The van der Waals surface area contributed by atoms with Gasteiger partial charge >= 0.3 is 0 Å². The van der Waals surface area contributed by atoms with Crippen LogP contribution in [-0.4, -0.2) is 50.6 Å². The molecular formula is C21H39NO4Si. The number of hydrogen-bond donors (Lipinski definition) is 1. The van der Waals surface area contributed by atoms with E-state index in [1.54, 1.807) is 0 Å². The Hall–Kier alpha value is -0.453. The fraction of sp³-hybridized carbons (Fsp3) is 0.952. The van der Waals surface area contributed by atoms with Gasteiger partial charge < -0.3 is 19.0 Å². The van der Waals surface area contributed by atoms with Crippen LogP contribution in [0, 0.1) is 17.2 Å². The number of ether oxygens (including phenoxy) is 2. The van der Waals surface area contributed by atoms with Gasteiger partial charge in [0.2, 0.25) is 0 Å². The number of fused-ring (bicyclic) bond motifs is 1. The Morgan fingerprint density at radius 2 is 2.00 bits per heavy atom. The molecule has 0 aromatic carbocycles. The first kappa shape index (κ1) is 22.8. The summed E-state index contributed by atoms with van der Waals surface area (Å²) in [6.07, 6.45) is 5.37. The largest absolute Gasteiger partial charge is 0.414 e. The second kappa shape index (κ2) is 8.92. The van der Waals surface area contributed by atoms with Gasteiger partial charge in [-0.05, 0) is 57.2 Å². The second-order valence-electron chi connectivity index (χ2n) is 10.0. The molecular weight excluding hydrogens is 358 g/mol. The zero-order chi connectivity index (χ0) is 20.3. The van der Waals surface area contributed by atoms with Crippen LogP contribution >= 0.6 is 0 Å². The SMILES string of the molecule is C[C@@H](C#N)CC1CC[C@@H]2O[C@@H](CCCO)C[C@]2(CO[Si](C)(C)C(C)(C)C)O1. The van der Waals surface area contributed by atoms with Crippen molar-refractivity contribution in [2.45, 2.75) is 108 Å². The highest BCUT2D eigenvalue weighted by Gasteiger charge is 2.54. The number of rotatable bonds is 8. The average Bonchev–Trinajstić information content (AvgIpc) is 2.95. The molecule has 0 saturated carbocycles. The summed E-state index contributed by atoms with van der Waals surface area (Å²) in [5, 5.41) is 18.5. The van der Waals surface area contributed by atoms with Crippen LogP contribution < -0.4 is 0 Å². The van der Waals surface area contributed by atoms with Crippen molar-refractivity contribution in [2.24, 2.45) is 5.92 Å². The zero-order valence-electron chi connectivity index (χ0n) is 18.1. The Bertz CT molecular complexity index is 527. The summed E-state index contributed by atoms with van der Waals surface area (Å²) < 4.78 is 19.6. The number of hydrogen-bond acceptors (Lipinski definition) is 5. The molecule has 0 spiro atoms. The third kappa shape index (κ3) is 5.54. The minimum Gasteiger partial charge on any atom is -0.414 e. The first-order valence-electron chi connectivity index (χ1n) is 10.5. The van der Waals surface area contributed by atoms with E-state index < -0.39 is 13.9 Å². The van der Waals surface area contributed by atoms with E-state index >= 15 is 0 Å². The van der Waals surface area contributed by atoms with Crippen molar-refractivity contribution in [1.82, 2.24) is 0 Å². The summed E-state index contributed by atoms with van der Waals surface area (Å²) in [4.78, 5) is 0. The van der Waals surface area contributed by atoms with Crippen molar-refractivity contribution < 1.29 is 19.0 Å². The van der Waals surface area contributed by atoms with E-state index in [9.17, 15) is 10.4 Å². The predicted molar refractivity (Wildman–Crippen MR) is 109 cm³/mol. The van der Waals surface area contributed by atoms with Crippen LogP contribution in [0.1, 0.15) is 66.2 Å². The summed E-state index contributed by atoms with van der Waals surface area (Å²) in [7, 11) is -1.89. The Balaban J connectivity index is 2.13. The number of nitrogens with zero attached hydrogens (tertiary/aromatic N) is 1. The summed E-state index contributed by atoms with van der Waals surface area (Å²) in [6, 6.07) is 2.33. The lowest BCUT2D eigenvalue weighted by Gasteiger charge is -2.45. The molecule has 1 unspecified atom stereocenters. The molecule has 2 saturated heterocycles. The molecule has 5 atom stereocenters. The Morgan fingerprint density at radius 1 is 1.30 bits per heavy atom. The minimum atomic E-state index is -1.89. The van der Waals surface area contributed by atoms with Crippen LogP contribution in [0.15, 0.2) is 0 Å². The third-order valence-electron chi connectivity index (χ3n) is 6.67. The lowest BCUT2D eigenvalue weighted by Crippen LogP contribution is -2.55. The van der Waals surface area contributed by atoms with Crippen molar-refractivity contribution in [2.75, 3.05) is 13.2 Å². The Morgan fingerprint density at radius 3 is 2.59 bits per heavy atom. The van der Waals surface area contributed by atoms with Gasteiger partial charge in [0, 0.05) is 18.9 Å². The first-order valence-corrected chi connectivity index (χ1v) is 13.4. The maximum Gasteiger partial charge on any atom is 0.192 e. The molecule has 2 rings (SSSR count). The topological polar surface area (TPSA) is 71.7 Å². The van der Waals surface area contributed by atoms with Gasteiger partial charge in [-0.1, -0.05) is 20.8 Å². The van der Waals surface area contributed by atoms with Gasteiger partial charge in [-0.25, -0.2) is 0 Å². The number of aliphatic hydroxyl groups excluding tert-OH is 1. The van der Waals surface area contributed by atoms with Crippen LogP contribution in [0.4, 0.5) is 0 Å². The summed E-state index contributed by atoms with van der Waals surface area (Å²) in [5.41, 5.74) is -0.409. The second-order valence-corrected chi connectivity index (χ2v) is 14.8. The quantitative estimate of drug-likeness (QED) is 0.614. The van der Waals surface area contributed by atoms with Gasteiger partial charge in [0.1, 0.15) is 5.60 Å². The lowest BCUT2D eigenvalue weighted by atomic mass is 9.85. The highest BCUT2D eigenvalue weighted by Crippen LogP contribution is 2.46. The van der Waals surface area contributed by atoms with Crippen molar-refractivity contribution in [3.8, 4) is 6.07 Å². The smallest absolute Gasteiger partial charge is 0.192 e. The van der Waals surface area contributed by atoms with Crippen molar-refractivity contribution in [3.63, 3.8) is 0 Å². The third-order valence-corrected chi connectivity index (χ3v) is 11.2. The van der Waals surface area contributed by atoms with Gasteiger partial charge in [-0.2, -0.15) is 5.26 Å². The molecule has 0 amide bonds. The molecule has 5 nitrogen and oxygen atoms in total. The van der Waals surface area contributed by atoms with E-state index in [1.165, 1.54) is 0 Å². The molecule has 156 valence electrons. The van der Waals surface area contributed by atoms with E-state index in [1.807, 2.05) is 6.92 Å². The zero-order valence-corrected chi connectivity index (χ0v) is 19.1. The van der Waals surface area contributed by atoms with Crippen molar-refractivity contribution >= 4 is 8.32 Å². The molecule has 2 aliphatic rings. The molecule has 0 aromatic rings. The molecule has 6 heteroatoms. The standard InChI is InChI=1S/C21H39NO4Si/c1-16(14-22)12-17-9-10-19-21(26-17,13-18(25-19)8-7-11-23)15-24-27(5,6)20(2,3)4/h16-19,23H,7-13,15H2,1-6H3/t16-,17?,18+,19+,21-/m1/s1. The maximum absolute atomic E-state index is 9.18. The highest BCUT2D eigenvalue weighted by atomic mass is 28.4. The van der Waals surface area contributed by atoms with E-state index in [-0.39, 0.29) is 35.9 Å². The van der Waals surface area contributed by atoms with Crippen LogP contribution in [0.2, 0.25) is 18.1 Å². The molecule has 1 N–H and O–H groups in total. The molecule has 0 radical (unpaired) electrons. The fourth-order valence-electron chi connectivity index (χ4n) is 3.91. The Labute approximate surface area is 166 Å². The number of nitriles is 1. The lowest BCUT2D eigenvalue weighted by molar-refractivity contribution is -0.183. The monoisotopic (exact) mass is 397 g/mol. The van der Waals surface area contributed by atoms with Crippen LogP contribution in [0.3, 0.4) is 0 Å². The summed E-state index contributed by atoms with van der Waals surface area (Å²) >= 11 is 0. The maximum atomic E-state index is 9.18. The molecule has 0 aromatic heterocycles. The van der Waals surface area contributed by atoms with E-state index in [0.717, 1.165) is 38.5 Å². The summed E-state index contributed by atoms with van der Waals surface area (Å²) in [6.45, 7) is 14.0. The molecule has 0 aliphatic carbocycles. The van der Waals surface area contributed by atoms with Gasteiger partial charge in [-0.3, -0.25) is 0 Å². The van der Waals surface area contributed by atoms with Crippen molar-refractivity contribution in [3.05, 3.63) is 0 Å². The normalized spacial score (nSPS) is 32.7. The molecule has 27 heavy (non-hydrogen) atoms. The minimum absolute atomic E-state index is 0.00239. The van der Waals surface area contributed by atoms with Crippen LogP contribution in [0.25, 0.3) is 0 Å². The molecule has 2 heterocycles. The average molecular weight is 398 g/mol. The Kier molecular flexibility index (Phi) is 7.54. The molecule has 2 aliphatic heterocycles. The van der Waals surface area contributed by atoms with Gasteiger partial charge in [0.05, 0.1) is 31.0 Å². The van der Waals surface area contributed by atoms with E-state index in [0.29, 0.717) is 6.61 Å². The molecule has 2 fully saturated rings. The number of aliphatic hydroxyl groups is 1. The van der Waals surface area contributed by atoms with Crippen molar-refractivity contribution in [1.29, 1.82) is 5.26 Å². The van der Waals surface area contributed by atoms with Gasteiger partial charge in [0.15, 0.2) is 8.32 Å². The van der Waals surface area contributed by atoms with Gasteiger partial charge in [-0.15, -0.1) is 0 Å². The predicted octanol–water partition coefficient (Wildman–Crippen LogP) is 4.41. The fourth-order valence-corrected chi connectivity index (χ4v) is 4.95. The van der Waals surface area contributed by atoms with E-state index in [2.05, 4.69) is 39.9 Å². The summed E-state index contributed by atoms with van der Waals surface area (Å²) in [5.74, 6) is -0.00239. The van der Waals surface area contributed by atoms with Gasteiger partial charge in [0.25, 0.3) is 0 Å². The highest BCUT2D eigenvalue weighted by molar-refractivity contribution is 6.74. The molecule has 0 bridgehead atoms.